The Morgan fingerprint density at radius 3 is 2.84 bits per heavy atom. The Morgan fingerprint density at radius 1 is 1.53 bits per heavy atom. The Balaban J connectivity index is 2.83. The van der Waals surface area contributed by atoms with E-state index < -0.39 is 5.82 Å². The van der Waals surface area contributed by atoms with E-state index in [0.29, 0.717) is 18.5 Å². The van der Waals surface area contributed by atoms with E-state index in [1.54, 1.807) is 6.07 Å². The number of amidine groups is 1. The first kappa shape index (κ1) is 15.4. The highest BCUT2D eigenvalue weighted by Crippen LogP contribution is 2.12. The largest absolute Gasteiger partial charge is 0.409 e. The molecular formula is C13H20FN3O2. The zero-order valence-corrected chi connectivity index (χ0v) is 10.9. The average molecular weight is 269 g/mol. The zero-order valence-electron chi connectivity index (χ0n) is 10.9. The second-order valence-corrected chi connectivity index (χ2v) is 4.29. The second kappa shape index (κ2) is 7.70. The summed E-state index contributed by atoms with van der Waals surface area (Å²) in [6, 6.07) is 4.34. The SMILES string of the molecule is CCC(CCO)NCc1ccc(F)cc1/C(N)=N/O. The van der Waals surface area contributed by atoms with Crippen molar-refractivity contribution in [1.29, 1.82) is 0 Å². The van der Waals surface area contributed by atoms with Crippen molar-refractivity contribution in [1.82, 2.24) is 5.32 Å². The lowest BCUT2D eigenvalue weighted by atomic mass is 10.1. The standard InChI is InChI=1S/C13H20FN3O2/c1-2-11(5-6-18)16-8-9-3-4-10(14)7-12(9)13(15)17-19/h3-4,7,11,16,18-19H,2,5-6,8H2,1H3,(H2,15,17). The lowest BCUT2D eigenvalue weighted by Gasteiger charge is -2.17. The van der Waals surface area contributed by atoms with Crippen LogP contribution in [0.2, 0.25) is 0 Å². The molecule has 1 aromatic carbocycles. The van der Waals surface area contributed by atoms with Gasteiger partial charge < -0.3 is 21.4 Å². The number of rotatable bonds is 7. The summed E-state index contributed by atoms with van der Waals surface area (Å²) in [5.74, 6) is -0.556. The molecule has 0 heterocycles. The molecule has 1 rings (SSSR count). The van der Waals surface area contributed by atoms with E-state index in [9.17, 15) is 4.39 Å². The van der Waals surface area contributed by atoms with Gasteiger partial charge in [-0.3, -0.25) is 0 Å². The number of aliphatic hydroxyl groups excluding tert-OH is 1. The summed E-state index contributed by atoms with van der Waals surface area (Å²) in [4.78, 5) is 0. The zero-order chi connectivity index (χ0) is 14.3. The molecule has 0 aliphatic heterocycles. The van der Waals surface area contributed by atoms with Crippen molar-refractivity contribution in [3.8, 4) is 0 Å². The fourth-order valence-electron chi connectivity index (χ4n) is 1.86. The Kier molecular flexibility index (Phi) is 6.24. The summed E-state index contributed by atoms with van der Waals surface area (Å²) in [5.41, 5.74) is 6.64. The number of nitrogens with one attached hydrogen (secondary N) is 1. The highest BCUT2D eigenvalue weighted by molar-refractivity contribution is 5.98. The minimum atomic E-state index is -0.437. The van der Waals surface area contributed by atoms with Gasteiger partial charge in [-0.15, -0.1) is 0 Å². The first-order chi connectivity index (χ1) is 9.12. The van der Waals surface area contributed by atoms with Crippen molar-refractivity contribution < 1.29 is 14.7 Å². The summed E-state index contributed by atoms with van der Waals surface area (Å²) in [7, 11) is 0. The van der Waals surface area contributed by atoms with Crippen LogP contribution in [0.3, 0.4) is 0 Å². The molecule has 0 aliphatic rings. The molecule has 19 heavy (non-hydrogen) atoms. The Bertz CT molecular complexity index is 438. The summed E-state index contributed by atoms with van der Waals surface area (Å²) >= 11 is 0. The first-order valence-electron chi connectivity index (χ1n) is 6.22. The molecule has 0 spiro atoms. The van der Waals surface area contributed by atoms with Crippen LogP contribution in [-0.2, 0) is 6.54 Å². The molecule has 0 bridgehead atoms. The predicted octanol–water partition coefficient (Wildman–Crippen LogP) is 1.17. The van der Waals surface area contributed by atoms with E-state index >= 15 is 0 Å². The summed E-state index contributed by atoms with van der Waals surface area (Å²) in [6.45, 7) is 2.59. The number of hydrogen-bond donors (Lipinski definition) is 4. The van der Waals surface area contributed by atoms with E-state index in [-0.39, 0.29) is 18.5 Å². The monoisotopic (exact) mass is 269 g/mol. The van der Waals surface area contributed by atoms with Gasteiger partial charge in [0.25, 0.3) is 0 Å². The molecule has 5 nitrogen and oxygen atoms in total. The van der Waals surface area contributed by atoms with Gasteiger partial charge in [0.15, 0.2) is 5.84 Å². The highest BCUT2D eigenvalue weighted by atomic mass is 19.1. The number of nitrogens with zero attached hydrogens (tertiary/aromatic N) is 1. The Morgan fingerprint density at radius 2 is 2.26 bits per heavy atom. The third-order valence-corrected chi connectivity index (χ3v) is 3.01. The van der Waals surface area contributed by atoms with Crippen LogP contribution >= 0.6 is 0 Å². The molecule has 0 saturated carbocycles. The number of oxime groups is 1. The summed E-state index contributed by atoms with van der Waals surface area (Å²) in [6.07, 6.45) is 1.53. The van der Waals surface area contributed by atoms with Crippen molar-refractivity contribution in [3.05, 3.63) is 35.1 Å². The molecule has 6 heteroatoms. The van der Waals surface area contributed by atoms with Gasteiger partial charge in [-0.2, -0.15) is 0 Å². The predicted molar refractivity (Wildman–Crippen MR) is 71.5 cm³/mol. The van der Waals surface area contributed by atoms with Gasteiger partial charge in [0.05, 0.1) is 0 Å². The maximum absolute atomic E-state index is 13.2. The van der Waals surface area contributed by atoms with E-state index in [1.807, 2.05) is 6.92 Å². The lowest BCUT2D eigenvalue weighted by Crippen LogP contribution is -2.30. The summed E-state index contributed by atoms with van der Waals surface area (Å²) in [5, 5.41) is 23.8. The van der Waals surface area contributed by atoms with Crippen molar-refractivity contribution in [2.24, 2.45) is 10.9 Å². The lowest BCUT2D eigenvalue weighted by molar-refractivity contribution is 0.262. The van der Waals surface area contributed by atoms with Gasteiger partial charge in [0, 0.05) is 24.8 Å². The van der Waals surface area contributed by atoms with Gasteiger partial charge in [0.2, 0.25) is 0 Å². The number of hydrogen-bond acceptors (Lipinski definition) is 4. The van der Waals surface area contributed by atoms with Gasteiger partial charge in [0.1, 0.15) is 5.82 Å². The van der Waals surface area contributed by atoms with Crippen molar-refractivity contribution >= 4 is 5.84 Å². The van der Waals surface area contributed by atoms with Crippen LogP contribution in [0.1, 0.15) is 30.9 Å². The van der Waals surface area contributed by atoms with Crippen LogP contribution in [0.5, 0.6) is 0 Å². The second-order valence-electron chi connectivity index (χ2n) is 4.29. The minimum absolute atomic E-state index is 0.113. The number of aliphatic hydroxyl groups is 1. The van der Waals surface area contributed by atoms with Crippen molar-refractivity contribution in [2.45, 2.75) is 32.4 Å². The van der Waals surface area contributed by atoms with Crippen molar-refractivity contribution in [3.63, 3.8) is 0 Å². The maximum atomic E-state index is 13.2. The fourth-order valence-corrected chi connectivity index (χ4v) is 1.86. The van der Waals surface area contributed by atoms with E-state index in [4.69, 9.17) is 16.0 Å². The van der Waals surface area contributed by atoms with Crippen LogP contribution in [0.25, 0.3) is 0 Å². The van der Waals surface area contributed by atoms with Crippen LogP contribution in [-0.4, -0.2) is 28.8 Å². The van der Waals surface area contributed by atoms with Gasteiger partial charge in [-0.05, 0) is 30.5 Å². The molecule has 0 saturated heterocycles. The fraction of sp³-hybridized carbons (Fsp3) is 0.462. The Labute approximate surface area is 111 Å². The first-order valence-corrected chi connectivity index (χ1v) is 6.22. The number of benzene rings is 1. The molecule has 1 unspecified atom stereocenters. The smallest absolute Gasteiger partial charge is 0.170 e. The third-order valence-electron chi connectivity index (χ3n) is 3.01. The number of nitrogens with two attached hydrogens (primary N) is 1. The average Bonchev–Trinajstić information content (AvgIpc) is 2.43. The van der Waals surface area contributed by atoms with E-state index in [1.165, 1.54) is 12.1 Å². The molecular weight excluding hydrogens is 249 g/mol. The quantitative estimate of drug-likeness (QED) is 0.259. The van der Waals surface area contributed by atoms with Crippen LogP contribution in [0, 0.1) is 5.82 Å². The van der Waals surface area contributed by atoms with Crippen LogP contribution in [0.4, 0.5) is 4.39 Å². The molecule has 106 valence electrons. The molecule has 0 aromatic heterocycles. The molecule has 1 aromatic rings. The Hall–Kier alpha value is -1.66. The van der Waals surface area contributed by atoms with E-state index in [0.717, 1.165) is 12.0 Å². The molecule has 5 N–H and O–H groups in total. The maximum Gasteiger partial charge on any atom is 0.170 e. The highest BCUT2D eigenvalue weighted by Gasteiger charge is 2.11. The van der Waals surface area contributed by atoms with Crippen LogP contribution < -0.4 is 11.1 Å². The van der Waals surface area contributed by atoms with Gasteiger partial charge in [-0.25, -0.2) is 4.39 Å². The molecule has 0 amide bonds. The topological polar surface area (TPSA) is 90.9 Å². The molecule has 0 fully saturated rings. The normalized spacial score (nSPS) is 13.5. The van der Waals surface area contributed by atoms with E-state index in [2.05, 4.69) is 10.5 Å². The minimum Gasteiger partial charge on any atom is -0.409 e. The van der Waals surface area contributed by atoms with Crippen molar-refractivity contribution in [2.75, 3.05) is 6.61 Å². The molecule has 0 aliphatic carbocycles. The number of halogens is 1. The molecule has 0 radical (unpaired) electrons. The van der Waals surface area contributed by atoms with Gasteiger partial charge >= 0.3 is 0 Å². The third kappa shape index (κ3) is 4.50. The van der Waals surface area contributed by atoms with Gasteiger partial charge in [-0.1, -0.05) is 18.1 Å². The summed E-state index contributed by atoms with van der Waals surface area (Å²) < 4.78 is 13.2. The van der Waals surface area contributed by atoms with Crippen LogP contribution in [0.15, 0.2) is 23.4 Å². The molecule has 1 atom stereocenters.